The van der Waals surface area contributed by atoms with Crippen LogP contribution < -0.4 is 0 Å². The van der Waals surface area contributed by atoms with Gasteiger partial charge in [0.2, 0.25) is 0 Å². The average Bonchev–Trinajstić information content (AvgIpc) is 2.60. The first-order valence-electron chi connectivity index (χ1n) is 4.23. The van der Waals surface area contributed by atoms with Crippen molar-refractivity contribution in [3.8, 4) is 0 Å². The van der Waals surface area contributed by atoms with Gasteiger partial charge in [-0.1, -0.05) is 0 Å². The second-order valence-corrected chi connectivity index (χ2v) is 3.12. The van der Waals surface area contributed by atoms with Crippen molar-refractivity contribution in [3.05, 3.63) is 23.7 Å². The third-order valence-corrected chi connectivity index (χ3v) is 1.52. The molecular weight excluding hydrogens is 225 g/mol. The van der Waals surface area contributed by atoms with Gasteiger partial charge in [-0.25, -0.2) is 0 Å². The van der Waals surface area contributed by atoms with E-state index in [1.54, 1.807) is 14.1 Å². The molecule has 0 saturated carbocycles. The third-order valence-electron chi connectivity index (χ3n) is 1.52. The molecule has 1 heterocycles. The molecular formula is C9H9F3N2O2. The Balaban J connectivity index is 2.84. The van der Waals surface area contributed by atoms with Crippen molar-refractivity contribution < 1.29 is 22.4 Å². The van der Waals surface area contributed by atoms with Gasteiger partial charge in [0, 0.05) is 14.1 Å². The molecule has 1 rings (SSSR count). The molecule has 0 unspecified atom stereocenters. The Bertz CT molecular complexity index is 407. The van der Waals surface area contributed by atoms with E-state index in [0.717, 1.165) is 6.07 Å². The number of carbonyl (C=O) groups is 1. The van der Waals surface area contributed by atoms with Gasteiger partial charge in [0.05, 0.1) is 6.21 Å². The molecule has 0 atom stereocenters. The van der Waals surface area contributed by atoms with Gasteiger partial charge in [-0.3, -0.25) is 4.79 Å². The minimum Gasteiger partial charge on any atom is -0.452 e. The fourth-order valence-corrected chi connectivity index (χ4v) is 0.856. The number of hydrogen-bond acceptors (Lipinski definition) is 4. The van der Waals surface area contributed by atoms with E-state index in [9.17, 15) is 18.0 Å². The van der Waals surface area contributed by atoms with Gasteiger partial charge in [-0.05, 0) is 12.1 Å². The van der Waals surface area contributed by atoms with Crippen molar-refractivity contribution in [2.24, 2.45) is 5.10 Å². The molecule has 4 nitrogen and oxygen atoms in total. The van der Waals surface area contributed by atoms with E-state index in [1.807, 2.05) is 0 Å². The van der Waals surface area contributed by atoms with Crippen molar-refractivity contribution in [1.29, 1.82) is 0 Å². The van der Waals surface area contributed by atoms with E-state index >= 15 is 0 Å². The number of ketones is 1. The van der Waals surface area contributed by atoms with E-state index in [1.165, 1.54) is 17.3 Å². The summed E-state index contributed by atoms with van der Waals surface area (Å²) in [5, 5.41) is 5.19. The van der Waals surface area contributed by atoms with Gasteiger partial charge in [-0.2, -0.15) is 18.3 Å². The van der Waals surface area contributed by atoms with Crippen LogP contribution in [-0.4, -0.2) is 37.3 Å². The number of nitrogens with zero attached hydrogens (tertiary/aromatic N) is 2. The third kappa shape index (κ3) is 3.11. The Kier molecular flexibility index (Phi) is 3.36. The fraction of sp³-hybridized carbons (Fsp3) is 0.333. The zero-order chi connectivity index (χ0) is 12.3. The summed E-state index contributed by atoms with van der Waals surface area (Å²) in [6.07, 6.45) is -3.71. The highest BCUT2D eigenvalue weighted by atomic mass is 19.4. The van der Waals surface area contributed by atoms with Crippen LogP contribution in [0.3, 0.4) is 0 Å². The second-order valence-electron chi connectivity index (χ2n) is 3.12. The number of hydrogen-bond donors (Lipinski definition) is 0. The maximum absolute atomic E-state index is 12.0. The van der Waals surface area contributed by atoms with Crippen LogP contribution in [0.1, 0.15) is 16.3 Å². The number of rotatable bonds is 3. The minimum atomic E-state index is -4.92. The first-order valence-corrected chi connectivity index (χ1v) is 4.23. The fourth-order valence-electron chi connectivity index (χ4n) is 0.856. The predicted molar refractivity (Wildman–Crippen MR) is 50.4 cm³/mol. The van der Waals surface area contributed by atoms with Crippen molar-refractivity contribution in [1.82, 2.24) is 5.01 Å². The van der Waals surface area contributed by atoms with Crippen LogP contribution in [0, 0.1) is 0 Å². The monoisotopic (exact) mass is 234 g/mol. The molecule has 1 aromatic heterocycles. The van der Waals surface area contributed by atoms with E-state index in [4.69, 9.17) is 0 Å². The Morgan fingerprint density at radius 1 is 1.44 bits per heavy atom. The summed E-state index contributed by atoms with van der Waals surface area (Å²) < 4.78 is 40.7. The van der Waals surface area contributed by atoms with Crippen LogP contribution in [0.25, 0.3) is 0 Å². The predicted octanol–water partition coefficient (Wildman–Crippen LogP) is 1.92. The van der Waals surface area contributed by atoms with Crippen LogP contribution in [0.5, 0.6) is 0 Å². The number of hydrazone groups is 1. The van der Waals surface area contributed by atoms with Crippen LogP contribution >= 0.6 is 0 Å². The standard InChI is InChI=1S/C9H9F3N2O2/c1-14(2)13-5-6-3-4-7(16-6)8(15)9(10,11)12/h3-5H,1-2H3. The van der Waals surface area contributed by atoms with E-state index in [0.29, 0.717) is 0 Å². The van der Waals surface area contributed by atoms with E-state index in [-0.39, 0.29) is 5.76 Å². The summed E-state index contributed by atoms with van der Waals surface area (Å²) in [5.41, 5.74) is 0. The van der Waals surface area contributed by atoms with Crippen molar-refractivity contribution in [2.45, 2.75) is 6.18 Å². The lowest BCUT2D eigenvalue weighted by Crippen LogP contribution is -2.22. The van der Waals surface area contributed by atoms with Gasteiger partial charge in [0.25, 0.3) is 0 Å². The SMILES string of the molecule is CN(C)N=Cc1ccc(C(=O)C(F)(F)F)o1. The van der Waals surface area contributed by atoms with Crippen LogP contribution in [0.15, 0.2) is 21.7 Å². The molecule has 0 aliphatic carbocycles. The first-order chi connectivity index (χ1) is 7.30. The quantitative estimate of drug-likeness (QED) is 0.456. The first kappa shape index (κ1) is 12.3. The lowest BCUT2D eigenvalue weighted by molar-refractivity contribution is -0.0899. The van der Waals surface area contributed by atoms with Crippen molar-refractivity contribution in [3.63, 3.8) is 0 Å². The number of halogens is 3. The molecule has 0 aromatic carbocycles. The molecule has 0 aliphatic rings. The van der Waals surface area contributed by atoms with Crippen LogP contribution in [0.2, 0.25) is 0 Å². The second kappa shape index (κ2) is 4.38. The molecule has 0 amide bonds. The summed E-state index contributed by atoms with van der Waals surface area (Å²) in [6.45, 7) is 0. The molecule has 1 aromatic rings. The zero-order valence-electron chi connectivity index (χ0n) is 8.58. The average molecular weight is 234 g/mol. The van der Waals surface area contributed by atoms with Gasteiger partial charge >= 0.3 is 12.0 Å². The number of carbonyl (C=O) groups excluding carboxylic acids is 1. The summed E-state index contributed by atoms with van der Waals surface area (Å²) in [7, 11) is 3.28. The normalized spacial score (nSPS) is 12.1. The Morgan fingerprint density at radius 2 is 2.06 bits per heavy atom. The lowest BCUT2D eigenvalue weighted by atomic mass is 10.3. The molecule has 0 spiro atoms. The molecule has 0 radical (unpaired) electrons. The summed E-state index contributed by atoms with van der Waals surface area (Å²) >= 11 is 0. The van der Waals surface area contributed by atoms with Crippen molar-refractivity contribution >= 4 is 12.0 Å². The number of Topliss-reactive ketones (excluding diaryl/α,β-unsaturated/α-hetero) is 1. The topological polar surface area (TPSA) is 45.8 Å². The Hall–Kier alpha value is -1.79. The highest BCUT2D eigenvalue weighted by Gasteiger charge is 2.41. The molecule has 0 fully saturated rings. The molecule has 0 aliphatic heterocycles. The molecule has 0 N–H and O–H groups in total. The van der Waals surface area contributed by atoms with E-state index < -0.39 is 17.7 Å². The molecule has 0 bridgehead atoms. The Labute approximate surface area is 89.3 Å². The van der Waals surface area contributed by atoms with Gasteiger partial charge in [-0.15, -0.1) is 0 Å². The smallest absolute Gasteiger partial charge is 0.452 e. The lowest BCUT2D eigenvalue weighted by Gasteiger charge is -2.01. The highest BCUT2D eigenvalue weighted by Crippen LogP contribution is 2.22. The maximum Gasteiger partial charge on any atom is 0.458 e. The van der Waals surface area contributed by atoms with Gasteiger partial charge < -0.3 is 9.43 Å². The molecule has 0 saturated heterocycles. The summed E-state index contributed by atoms with van der Waals surface area (Å²) in [6, 6.07) is 2.21. The maximum atomic E-state index is 12.0. The van der Waals surface area contributed by atoms with Crippen LogP contribution in [-0.2, 0) is 0 Å². The van der Waals surface area contributed by atoms with Crippen molar-refractivity contribution in [2.75, 3.05) is 14.1 Å². The Morgan fingerprint density at radius 3 is 2.56 bits per heavy atom. The largest absolute Gasteiger partial charge is 0.458 e. The molecule has 88 valence electrons. The van der Waals surface area contributed by atoms with Gasteiger partial charge in [0.1, 0.15) is 5.76 Å². The van der Waals surface area contributed by atoms with Gasteiger partial charge in [0.15, 0.2) is 5.76 Å². The zero-order valence-corrected chi connectivity index (χ0v) is 8.58. The number of alkyl halides is 3. The molecule has 16 heavy (non-hydrogen) atoms. The van der Waals surface area contributed by atoms with E-state index in [2.05, 4.69) is 9.52 Å². The number of furan rings is 1. The molecule has 7 heteroatoms. The minimum absolute atomic E-state index is 0.0845. The summed E-state index contributed by atoms with van der Waals surface area (Å²) in [5.74, 6) is -2.66. The van der Waals surface area contributed by atoms with Crippen LogP contribution in [0.4, 0.5) is 13.2 Å². The summed E-state index contributed by atoms with van der Waals surface area (Å²) in [4.78, 5) is 10.7. The highest BCUT2D eigenvalue weighted by molar-refractivity contribution is 5.98.